The normalized spacial score (nSPS) is 24.7. The minimum Gasteiger partial charge on any atom is -0.444 e. The molecule has 1 fully saturated rings. The van der Waals surface area contributed by atoms with Gasteiger partial charge in [-0.3, -0.25) is 9.89 Å². The van der Waals surface area contributed by atoms with E-state index >= 15 is 0 Å². The zero-order chi connectivity index (χ0) is 11.6. The van der Waals surface area contributed by atoms with Crippen LogP contribution in [0.25, 0.3) is 0 Å². The van der Waals surface area contributed by atoms with E-state index in [1.165, 1.54) is 0 Å². The van der Waals surface area contributed by atoms with Crippen molar-refractivity contribution < 1.29 is 9.53 Å². The van der Waals surface area contributed by atoms with Crippen molar-refractivity contribution in [3.05, 3.63) is 0 Å². The number of aliphatic imine (C=N–C) groups is 1. The molecule has 0 aromatic heterocycles. The fourth-order valence-corrected chi connectivity index (χ4v) is 1.60. The van der Waals surface area contributed by atoms with E-state index in [2.05, 4.69) is 4.99 Å². The summed E-state index contributed by atoms with van der Waals surface area (Å²) in [7, 11) is 1.76. The van der Waals surface area contributed by atoms with Crippen molar-refractivity contribution in [1.29, 1.82) is 0 Å². The molecule has 1 aliphatic heterocycles. The smallest absolute Gasteiger partial charge is 0.410 e. The Morgan fingerprint density at radius 2 is 2.13 bits per heavy atom. The van der Waals surface area contributed by atoms with Crippen molar-refractivity contribution >= 4 is 11.8 Å². The van der Waals surface area contributed by atoms with Crippen LogP contribution in [-0.2, 0) is 4.74 Å². The van der Waals surface area contributed by atoms with Crippen molar-refractivity contribution in [3.8, 4) is 0 Å². The van der Waals surface area contributed by atoms with E-state index in [4.69, 9.17) is 4.74 Å². The molecule has 0 aromatic carbocycles. The zero-order valence-electron chi connectivity index (χ0n) is 10.2. The maximum atomic E-state index is 11.8. The molecule has 0 aromatic rings. The number of nitrogens with zero attached hydrogens (tertiary/aromatic N) is 2. The first-order valence-corrected chi connectivity index (χ1v) is 5.27. The molecule has 0 N–H and O–H groups in total. The fourth-order valence-electron chi connectivity index (χ4n) is 1.60. The molecule has 0 saturated carbocycles. The number of likely N-dealkylation sites (tertiary alicyclic amines) is 1. The Bertz CT molecular complexity index is 279. The van der Waals surface area contributed by atoms with E-state index < -0.39 is 5.60 Å². The van der Waals surface area contributed by atoms with Crippen molar-refractivity contribution in [2.24, 2.45) is 4.99 Å². The maximum absolute atomic E-state index is 11.8. The number of amides is 1. The number of carbonyl (C=O) groups excluding carboxylic acids is 1. The second-order valence-corrected chi connectivity index (χ2v) is 4.95. The number of ether oxygens (including phenoxy) is 1. The van der Waals surface area contributed by atoms with Crippen LogP contribution in [0.15, 0.2) is 4.99 Å². The summed E-state index contributed by atoms with van der Waals surface area (Å²) in [6.07, 6.45) is 0.615. The zero-order valence-corrected chi connectivity index (χ0v) is 10.2. The minimum atomic E-state index is -0.428. The molecule has 4 heteroatoms. The first-order valence-electron chi connectivity index (χ1n) is 5.27. The van der Waals surface area contributed by atoms with Gasteiger partial charge in [0.05, 0.1) is 6.54 Å². The van der Waals surface area contributed by atoms with Crippen molar-refractivity contribution in [2.75, 3.05) is 13.6 Å². The van der Waals surface area contributed by atoms with Crippen LogP contribution < -0.4 is 0 Å². The summed E-state index contributed by atoms with van der Waals surface area (Å²) in [6, 6.07) is 0.193. The highest BCUT2D eigenvalue weighted by Gasteiger charge is 2.32. The van der Waals surface area contributed by atoms with Crippen LogP contribution in [-0.4, -0.2) is 41.9 Å². The third-order valence-corrected chi connectivity index (χ3v) is 2.36. The van der Waals surface area contributed by atoms with Crippen LogP contribution in [0.3, 0.4) is 0 Å². The molecule has 0 bridgehead atoms. The van der Waals surface area contributed by atoms with Crippen molar-refractivity contribution in [3.63, 3.8) is 0 Å². The van der Waals surface area contributed by atoms with Gasteiger partial charge in [0.15, 0.2) is 0 Å². The highest BCUT2D eigenvalue weighted by molar-refractivity contribution is 5.92. The number of hydrogen-bond donors (Lipinski definition) is 0. The molecule has 1 amide bonds. The molecule has 86 valence electrons. The Balaban J connectivity index is 2.62. The molecule has 1 atom stereocenters. The van der Waals surface area contributed by atoms with Crippen LogP contribution in [0, 0.1) is 0 Å². The summed E-state index contributed by atoms with van der Waals surface area (Å²) in [5.41, 5.74) is 0.636. The van der Waals surface area contributed by atoms with Gasteiger partial charge >= 0.3 is 6.09 Å². The summed E-state index contributed by atoms with van der Waals surface area (Å²) < 4.78 is 5.32. The standard InChI is InChI=1S/C11H20N2O2/c1-8-6-9(12-5)7-13(8)10(14)15-11(2,3)4/h8H,6-7H2,1-5H3. The Hall–Kier alpha value is -1.06. The number of hydrogen-bond acceptors (Lipinski definition) is 3. The summed E-state index contributed by atoms with van der Waals surface area (Å²) in [5.74, 6) is 0. The summed E-state index contributed by atoms with van der Waals surface area (Å²) >= 11 is 0. The van der Waals surface area contributed by atoms with Crippen LogP contribution in [0.1, 0.15) is 34.1 Å². The average molecular weight is 212 g/mol. The molecule has 15 heavy (non-hydrogen) atoms. The lowest BCUT2D eigenvalue weighted by Gasteiger charge is -2.26. The molecule has 1 aliphatic rings. The third kappa shape index (κ3) is 3.22. The van der Waals surface area contributed by atoms with Gasteiger partial charge in [-0.15, -0.1) is 0 Å². The molecular formula is C11H20N2O2. The summed E-state index contributed by atoms with van der Waals surface area (Å²) in [4.78, 5) is 17.6. The highest BCUT2D eigenvalue weighted by Crippen LogP contribution is 2.18. The van der Waals surface area contributed by atoms with E-state index in [0.717, 1.165) is 12.1 Å². The molecular weight excluding hydrogens is 192 g/mol. The van der Waals surface area contributed by atoms with Crippen LogP contribution >= 0.6 is 0 Å². The van der Waals surface area contributed by atoms with Crippen LogP contribution in [0.5, 0.6) is 0 Å². The Kier molecular flexibility index (Phi) is 3.37. The predicted molar refractivity (Wildman–Crippen MR) is 60.4 cm³/mol. The molecule has 4 nitrogen and oxygen atoms in total. The van der Waals surface area contributed by atoms with E-state index in [-0.39, 0.29) is 12.1 Å². The second-order valence-electron chi connectivity index (χ2n) is 4.95. The molecule has 1 saturated heterocycles. The second kappa shape index (κ2) is 4.21. The lowest BCUT2D eigenvalue weighted by molar-refractivity contribution is 0.0245. The summed E-state index contributed by atoms with van der Waals surface area (Å²) in [5, 5.41) is 0. The van der Waals surface area contributed by atoms with E-state index in [1.807, 2.05) is 27.7 Å². The first kappa shape index (κ1) is 12.0. The van der Waals surface area contributed by atoms with Gasteiger partial charge in [-0.05, 0) is 27.7 Å². The number of rotatable bonds is 0. The third-order valence-electron chi connectivity index (χ3n) is 2.36. The Morgan fingerprint density at radius 1 is 1.53 bits per heavy atom. The predicted octanol–water partition coefficient (Wildman–Crippen LogP) is 2.09. The molecule has 1 heterocycles. The van der Waals surface area contributed by atoms with Crippen LogP contribution in [0.4, 0.5) is 4.79 Å². The monoisotopic (exact) mass is 212 g/mol. The van der Waals surface area contributed by atoms with Gasteiger partial charge < -0.3 is 4.74 Å². The Labute approximate surface area is 91.3 Å². The van der Waals surface area contributed by atoms with E-state index in [9.17, 15) is 4.79 Å². The molecule has 0 aliphatic carbocycles. The molecule has 0 radical (unpaired) electrons. The molecule has 0 spiro atoms. The van der Waals surface area contributed by atoms with Gasteiger partial charge in [-0.1, -0.05) is 0 Å². The maximum Gasteiger partial charge on any atom is 0.410 e. The van der Waals surface area contributed by atoms with E-state index in [1.54, 1.807) is 11.9 Å². The van der Waals surface area contributed by atoms with Crippen molar-refractivity contribution in [2.45, 2.75) is 45.8 Å². The average Bonchev–Trinajstić information content (AvgIpc) is 2.43. The van der Waals surface area contributed by atoms with E-state index in [0.29, 0.717) is 6.54 Å². The SMILES string of the molecule is CN=C1CC(C)N(C(=O)OC(C)(C)C)C1. The topological polar surface area (TPSA) is 41.9 Å². The van der Waals surface area contributed by atoms with Crippen LogP contribution in [0.2, 0.25) is 0 Å². The summed E-state index contributed by atoms with van der Waals surface area (Å²) in [6.45, 7) is 8.25. The molecule has 1 unspecified atom stereocenters. The fraction of sp³-hybridized carbons (Fsp3) is 0.818. The minimum absolute atomic E-state index is 0.193. The van der Waals surface area contributed by atoms with Gasteiger partial charge in [-0.25, -0.2) is 4.79 Å². The van der Waals surface area contributed by atoms with Gasteiger partial charge in [-0.2, -0.15) is 0 Å². The molecule has 1 rings (SSSR count). The lowest BCUT2D eigenvalue weighted by Crippen LogP contribution is -2.38. The van der Waals surface area contributed by atoms with Gasteiger partial charge in [0.25, 0.3) is 0 Å². The lowest BCUT2D eigenvalue weighted by atomic mass is 10.2. The number of carbonyl (C=O) groups is 1. The van der Waals surface area contributed by atoms with Gasteiger partial charge in [0.1, 0.15) is 5.60 Å². The largest absolute Gasteiger partial charge is 0.444 e. The van der Waals surface area contributed by atoms with Gasteiger partial charge in [0.2, 0.25) is 0 Å². The van der Waals surface area contributed by atoms with Crippen molar-refractivity contribution in [1.82, 2.24) is 4.90 Å². The Morgan fingerprint density at radius 3 is 2.53 bits per heavy atom. The first-order chi connectivity index (χ1) is 6.83. The quantitative estimate of drug-likeness (QED) is 0.617. The highest BCUT2D eigenvalue weighted by atomic mass is 16.6. The van der Waals surface area contributed by atoms with Gasteiger partial charge in [0, 0.05) is 25.2 Å².